The SMILES string of the molecule is C/C=C(\N=CCC#N)c1ccnc(Nc2cc(C)c3[nH]c(CCCCCNC=O)cc3c2)n1.CC(=O)C1CCCO1. The van der Waals surface area contributed by atoms with Crippen LogP contribution in [0.3, 0.4) is 0 Å². The summed E-state index contributed by atoms with van der Waals surface area (Å²) in [5.74, 6) is 0.656. The number of aliphatic imine (C=N–C) groups is 1. The number of nitrogens with one attached hydrogen (secondary N) is 3. The number of rotatable bonds is 13. The molecule has 1 unspecified atom stereocenters. The highest BCUT2D eigenvalue weighted by Gasteiger charge is 2.19. The Morgan fingerprint density at radius 3 is 2.83 bits per heavy atom. The highest BCUT2D eigenvalue weighted by molar-refractivity contribution is 5.87. The van der Waals surface area contributed by atoms with Gasteiger partial charge in [-0.15, -0.1) is 0 Å². The molecule has 1 aliphatic rings. The molecular weight excluding hydrogens is 518 g/mol. The van der Waals surface area contributed by atoms with E-state index in [1.54, 1.807) is 25.4 Å². The van der Waals surface area contributed by atoms with Crippen molar-refractivity contribution < 1.29 is 14.3 Å². The van der Waals surface area contributed by atoms with E-state index >= 15 is 0 Å². The lowest BCUT2D eigenvalue weighted by molar-refractivity contribution is -0.125. The molecule has 216 valence electrons. The summed E-state index contributed by atoms with van der Waals surface area (Å²) >= 11 is 0. The minimum absolute atomic E-state index is 0.0741. The Morgan fingerprint density at radius 1 is 1.29 bits per heavy atom. The van der Waals surface area contributed by atoms with Crippen molar-refractivity contribution in [3.05, 3.63) is 53.5 Å². The maximum Gasteiger partial charge on any atom is 0.227 e. The van der Waals surface area contributed by atoms with E-state index in [1.165, 1.54) is 5.69 Å². The maximum atomic E-state index is 10.5. The van der Waals surface area contributed by atoms with Crippen LogP contribution in [0.5, 0.6) is 0 Å². The van der Waals surface area contributed by atoms with Crippen molar-refractivity contribution in [1.29, 1.82) is 5.26 Å². The Morgan fingerprint density at radius 2 is 2.15 bits per heavy atom. The number of aromatic nitrogens is 3. The van der Waals surface area contributed by atoms with E-state index in [9.17, 15) is 9.59 Å². The Bertz CT molecular complexity index is 1400. The number of nitrogens with zero attached hydrogens (tertiary/aromatic N) is 4. The molecule has 3 aromatic rings. The van der Waals surface area contributed by atoms with Gasteiger partial charge in [-0.2, -0.15) is 5.26 Å². The van der Waals surface area contributed by atoms with Crippen LogP contribution in [0, 0.1) is 18.3 Å². The molecule has 3 heterocycles. The van der Waals surface area contributed by atoms with Gasteiger partial charge >= 0.3 is 0 Å². The van der Waals surface area contributed by atoms with Gasteiger partial charge in [0, 0.05) is 47.8 Å². The number of hydrogen-bond donors (Lipinski definition) is 3. The number of hydrogen-bond acceptors (Lipinski definition) is 8. The molecule has 0 spiro atoms. The summed E-state index contributed by atoms with van der Waals surface area (Å²) < 4.78 is 5.06. The highest BCUT2D eigenvalue weighted by atomic mass is 16.5. The number of benzene rings is 1. The first-order chi connectivity index (χ1) is 19.9. The highest BCUT2D eigenvalue weighted by Crippen LogP contribution is 2.26. The zero-order valence-electron chi connectivity index (χ0n) is 24.1. The molecule has 0 radical (unpaired) electrons. The van der Waals surface area contributed by atoms with E-state index < -0.39 is 0 Å². The summed E-state index contributed by atoms with van der Waals surface area (Å²) in [5, 5.41) is 15.8. The number of ketones is 1. The first kappa shape index (κ1) is 31.2. The smallest absolute Gasteiger partial charge is 0.227 e. The molecule has 41 heavy (non-hydrogen) atoms. The predicted molar refractivity (Wildman–Crippen MR) is 162 cm³/mol. The van der Waals surface area contributed by atoms with Gasteiger partial charge in [0.1, 0.15) is 6.10 Å². The van der Waals surface area contributed by atoms with E-state index in [-0.39, 0.29) is 18.3 Å². The van der Waals surface area contributed by atoms with Crippen LogP contribution in [0.15, 0.2) is 41.5 Å². The van der Waals surface area contributed by atoms with Gasteiger partial charge < -0.3 is 20.4 Å². The minimum atomic E-state index is -0.0741. The normalized spacial score (nSPS) is 14.9. The van der Waals surface area contributed by atoms with Crippen LogP contribution in [0.25, 0.3) is 16.6 Å². The molecule has 10 heteroatoms. The monoisotopic (exact) mass is 557 g/mol. The number of allylic oxidation sites excluding steroid dienone is 1. The van der Waals surface area contributed by atoms with Crippen molar-refractivity contribution in [2.45, 2.75) is 71.8 Å². The Kier molecular flexibility index (Phi) is 12.7. The molecule has 0 bridgehead atoms. The zero-order valence-corrected chi connectivity index (χ0v) is 24.1. The molecule has 4 rings (SSSR count). The average Bonchev–Trinajstić information content (AvgIpc) is 3.65. The Labute approximate surface area is 241 Å². The van der Waals surface area contributed by atoms with E-state index in [2.05, 4.69) is 55.7 Å². The standard InChI is InChI=1S/C25H29N7O.C6H10O2/c1-3-22(28-12-7-10-26)23-9-13-29-25(32-23)31-21-14-18(2)24-19(16-21)15-20(30-24)8-5-4-6-11-27-17-33;1-5(7)6-3-2-4-8-6/h3,9,12-17,30H,4-8,11H2,1-2H3,(H,27,33)(H,29,31,32);6H,2-4H2,1H3/b22-3-,28-12?;. The number of nitriles is 1. The molecule has 1 saturated heterocycles. The zero-order chi connectivity index (χ0) is 29.5. The summed E-state index contributed by atoms with van der Waals surface area (Å²) in [6, 6.07) is 10.2. The third-order valence-electron chi connectivity index (χ3n) is 6.58. The molecule has 3 N–H and O–H groups in total. The molecular formula is C31H39N7O3. The number of aryl methyl sites for hydroxylation is 2. The summed E-state index contributed by atoms with van der Waals surface area (Å²) in [6.07, 6.45) is 12.1. The van der Waals surface area contributed by atoms with Gasteiger partial charge in [-0.3, -0.25) is 14.6 Å². The van der Waals surface area contributed by atoms with Crippen LogP contribution in [0.4, 0.5) is 11.6 Å². The Hall–Kier alpha value is -4.36. The summed E-state index contributed by atoms with van der Waals surface area (Å²) in [4.78, 5) is 37.6. The molecule has 10 nitrogen and oxygen atoms in total. The number of H-pyrrole nitrogens is 1. The Balaban J connectivity index is 0.000000496. The van der Waals surface area contributed by atoms with E-state index in [1.807, 2.05) is 19.1 Å². The van der Waals surface area contributed by atoms with Crippen LogP contribution in [-0.2, 0) is 20.7 Å². The second-order valence-corrected chi connectivity index (χ2v) is 9.79. The number of amides is 1. The first-order valence-corrected chi connectivity index (χ1v) is 14.0. The number of ether oxygens (including phenoxy) is 1. The van der Waals surface area contributed by atoms with E-state index in [0.717, 1.165) is 80.2 Å². The van der Waals surface area contributed by atoms with Crippen LogP contribution in [-0.4, -0.2) is 52.6 Å². The first-order valence-electron chi connectivity index (χ1n) is 14.0. The van der Waals surface area contributed by atoms with E-state index in [4.69, 9.17) is 10.00 Å². The largest absolute Gasteiger partial charge is 0.370 e. The van der Waals surface area contributed by atoms with Gasteiger partial charge in [0.15, 0.2) is 5.78 Å². The van der Waals surface area contributed by atoms with Crippen molar-refractivity contribution in [3.8, 4) is 6.07 Å². The molecule has 2 aromatic heterocycles. The molecule has 0 saturated carbocycles. The fraction of sp³-hybridized carbons (Fsp3) is 0.419. The average molecular weight is 558 g/mol. The van der Waals surface area contributed by atoms with Gasteiger partial charge in [-0.05, 0) is 82.7 Å². The number of carbonyl (C=O) groups excluding carboxylic acids is 2. The van der Waals surface area contributed by atoms with Crippen LogP contribution in [0.2, 0.25) is 0 Å². The topological polar surface area (TPSA) is 145 Å². The van der Waals surface area contributed by atoms with Crippen molar-refractivity contribution >= 4 is 46.6 Å². The van der Waals surface area contributed by atoms with Crippen molar-refractivity contribution in [2.75, 3.05) is 18.5 Å². The quantitative estimate of drug-likeness (QED) is 0.141. The predicted octanol–water partition coefficient (Wildman–Crippen LogP) is 5.57. The summed E-state index contributed by atoms with van der Waals surface area (Å²) in [6.45, 7) is 7.05. The second kappa shape index (κ2) is 16.7. The summed E-state index contributed by atoms with van der Waals surface area (Å²) in [7, 11) is 0. The third-order valence-corrected chi connectivity index (χ3v) is 6.58. The lowest BCUT2D eigenvalue weighted by Gasteiger charge is -2.08. The number of Topliss-reactive ketones (excluding diaryl/α,β-unsaturated/α-hetero) is 1. The summed E-state index contributed by atoms with van der Waals surface area (Å²) in [5.41, 5.74) is 5.78. The van der Waals surface area contributed by atoms with Crippen molar-refractivity contribution in [1.82, 2.24) is 20.3 Å². The fourth-order valence-electron chi connectivity index (χ4n) is 4.53. The number of carbonyl (C=O) groups is 2. The van der Waals surface area contributed by atoms with Gasteiger partial charge in [0.05, 0.1) is 23.9 Å². The number of fused-ring (bicyclic) bond motifs is 1. The van der Waals surface area contributed by atoms with Gasteiger partial charge in [-0.25, -0.2) is 9.97 Å². The molecule has 0 aliphatic carbocycles. The molecule has 1 amide bonds. The van der Waals surface area contributed by atoms with Gasteiger partial charge in [-0.1, -0.05) is 12.5 Å². The van der Waals surface area contributed by atoms with Crippen LogP contribution in [0.1, 0.15) is 69.3 Å². The molecule has 1 atom stereocenters. The third kappa shape index (κ3) is 9.96. The number of aromatic amines is 1. The van der Waals surface area contributed by atoms with Crippen molar-refractivity contribution in [2.24, 2.45) is 4.99 Å². The minimum Gasteiger partial charge on any atom is -0.370 e. The van der Waals surface area contributed by atoms with Crippen molar-refractivity contribution in [3.63, 3.8) is 0 Å². The van der Waals surface area contributed by atoms with Gasteiger partial charge in [0.2, 0.25) is 12.4 Å². The number of unbranched alkanes of at least 4 members (excludes halogenated alkanes) is 2. The maximum absolute atomic E-state index is 10.5. The molecule has 1 aliphatic heterocycles. The number of anilines is 2. The van der Waals surface area contributed by atoms with E-state index in [0.29, 0.717) is 17.3 Å². The second-order valence-electron chi connectivity index (χ2n) is 9.79. The van der Waals surface area contributed by atoms with Crippen LogP contribution < -0.4 is 10.6 Å². The lowest BCUT2D eigenvalue weighted by atomic mass is 10.1. The molecule has 1 fully saturated rings. The molecule has 1 aromatic carbocycles. The fourth-order valence-corrected chi connectivity index (χ4v) is 4.53. The van der Waals surface area contributed by atoms with Crippen LogP contribution >= 0.6 is 0 Å². The van der Waals surface area contributed by atoms with Gasteiger partial charge in [0.25, 0.3) is 0 Å². The lowest BCUT2D eigenvalue weighted by Crippen LogP contribution is -2.14.